The first-order valence-corrected chi connectivity index (χ1v) is 15.5. The van der Waals surface area contributed by atoms with Crippen LogP contribution in [0.5, 0.6) is 0 Å². The van der Waals surface area contributed by atoms with Crippen molar-refractivity contribution < 1.29 is 14.0 Å². The van der Waals surface area contributed by atoms with E-state index in [1.807, 2.05) is 30.8 Å². The van der Waals surface area contributed by atoms with Crippen molar-refractivity contribution in [3.63, 3.8) is 0 Å². The van der Waals surface area contributed by atoms with E-state index >= 15 is 0 Å². The number of pyridine rings is 1. The summed E-state index contributed by atoms with van der Waals surface area (Å²) < 4.78 is 16.4. The first-order valence-electron chi connectivity index (χ1n) is 15.5. The number of nitrogens with one attached hydrogen (secondary N) is 1. The van der Waals surface area contributed by atoms with E-state index in [0.29, 0.717) is 36.1 Å². The van der Waals surface area contributed by atoms with Crippen molar-refractivity contribution in [3.05, 3.63) is 59.3 Å². The van der Waals surface area contributed by atoms with Crippen molar-refractivity contribution in [1.82, 2.24) is 24.7 Å². The highest BCUT2D eigenvalue weighted by Crippen LogP contribution is 2.34. The number of rotatable bonds is 10. The van der Waals surface area contributed by atoms with Crippen LogP contribution >= 0.6 is 0 Å². The maximum absolute atomic E-state index is 14.4. The molecule has 0 radical (unpaired) electrons. The maximum Gasteiger partial charge on any atom is 0.256 e. The van der Waals surface area contributed by atoms with E-state index in [2.05, 4.69) is 34.4 Å². The lowest BCUT2D eigenvalue weighted by molar-refractivity contribution is -0.126. The Hall–Kier alpha value is -3.77. The molecule has 0 bridgehead atoms. The molecule has 1 saturated carbocycles. The van der Waals surface area contributed by atoms with Crippen LogP contribution in [0, 0.1) is 41.8 Å². The largest absolute Gasteiger partial charge is 0.355 e. The molecule has 2 aliphatic rings. The molecule has 5 rings (SSSR count). The van der Waals surface area contributed by atoms with Crippen LogP contribution in [0.25, 0.3) is 16.6 Å². The van der Waals surface area contributed by atoms with Crippen LogP contribution in [0.4, 0.5) is 4.39 Å². The number of hydrogen-bond acceptors (Lipinski definition) is 5. The predicted octanol–water partition coefficient (Wildman–Crippen LogP) is 5.26. The van der Waals surface area contributed by atoms with Crippen molar-refractivity contribution in [2.75, 3.05) is 33.2 Å². The van der Waals surface area contributed by atoms with Gasteiger partial charge < -0.3 is 19.7 Å². The van der Waals surface area contributed by atoms with Crippen molar-refractivity contribution in [2.45, 2.75) is 65.3 Å². The quantitative estimate of drug-likeness (QED) is 0.327. The molecule has 1 N–H and O–H groups in total. The Morgan fingerprint density at radius 2 is 1.91 bits per heavy atom. The standard InChI is InChI=1S/C34H43FN6O2/c1-22(2)39(4)34(43)29-15-28(35)10-11-30(29)41-21-27(32-23(3)16-37-17-31(32)41)14-25-19-40(20-25)18-24-6-8-26(9-7-24)33(42)38-13-5-12-36/h10-11,15-17,21-22,24-26H,5-9,13-14,18-20H2,1-4H3,(H,38,42)/t24-,26-. The van der Waals surface area contributed by atoms with E-state index in [4.69, 9.17) is 5.26 Å². The summed E-state index contributed by atoms with van der Waals surface area (Å²) in [6.45, 7) is 9.57. The lowest BCUT2D eigenvalue weighted by Gasteiger charge is -2.42. The SMILES string of the molecule is Cc1cncc2c1c(CC1CN(C[C@H]3CC[C@H](C(=O)NCCC#N)CC3)C1)cn2-c1ccc(F)cc1C(=O)N(C)C(C)C. The number of likely N-dealkylation sites (tertiary alicyclic amines) is 1. The zero-order valence-corrected chi connectivity index (χ0v) is 25.8. The summed E-state index contributed by atoms with van der Waals surface area (Å²) in [4.78, 5) is 34.3. The van der Waals surface area contributed by atoms with Gasteiger partial charge in [-0.1, -0.05) is 0 Å². The summed E-state index contributed by atoms with van der Waals surface area (Å²) in [5.41, 5.74) is 4.23. The van der Waals surface area contributed by atoms with E-state index in [1.54, 1.807) is 18.0 Å². The summed E-state index contributed by atoms with van der Waals surface area (Å²) in [6.07, 6.45) is 11.1. The number of carbonyl (C=O) groups excluding carboxylic acids is 2. The maximum atomic E-state index is 14.4. The van der Waals surface area contributed by atoms with Gasteiger partial charge >= 0.3 is 0 Å². The predicted molar refractivity (Wildman–Crippen MR) is 165 cm³/mol. The second-order valence-corrected chi connectivity index (χ2v) is 12.8. The molecule has 43 heavy (non-hydrogen) atoms. The third-order valence-electron chi connectivity index (χ3n) is 9.34. The van der Waals surface area contributed by atoms with E-state index in [1.165, 1.54) is 17.7 Å². The summed E-state index contributed by atoms with van der Waals surface area (Å²) in [7, 11) is 1.75. The van der Waals surface area contributed by atoms with Gasteiger partial charge in [0.1, 0.15) is 5.82 Å². The highest BCUT2D eigenvalue weighted by molar-refractivity contribution is 5.99. The molecule has 0 spiro atoms. The van der Waals surface area contributed by atoms with Crippen LogP contribution < -0.4 is 5.32 Å². The Labute approximate surface area is 253 Å². The molecule has 1 aromatic carbocycles. The van der Waals surface area contributed by atoms with Crippen molar-refractivity contribution in [2.24, 2.45) is 17.8 Å². The Morgan fingerprint density at radius 1 is 1.16 bits per heavy atom. The van der Waals surface area contributed by atoms with Crippen LogP contribution in [0.3, 0.4) is 0 Å². The number of fused-ring (bicyclic) bond motifs is 1. The van der Waals surface area contributed by atoms with Crippen LogP contribution in [-0.2, 0) is 11.2 Å². The third kappa shape index (κ3) is 6.75. The lowest BCUT2D eigenvalue weighted by Crippen LogP contribution is -2.49. The molecule has 9 heteroatoms. The highest BCUT2D eigenvalue weighted by Gasteiger charge is 2.33. The molecule has 2 aromatic heterocycles. The number of nitrogens with zero attached hydrogens (tertiary/aromatic N) is 5. The first kappa shape index (κ1) is 30.7. The molecular weight excluding hydrogens is 543 g/mol. The molecule has 0 unspecified atom stereocenters. The van der Waals surface area contributed by atoms with Crippen LogP contribution in [-0.4, -0.2) is 70.4 Å². The number of carbonyl (C=O) groups is 2. The number of halogens is 1. The Balaban J connectivity index is 1.25. The summed E-state index contributed by atoms with van der Waals surface area (Å²) in [5.74, 6) is 0.699. The molecule has 2 amide bonds. The van der Waals surface area contributed by atoms with Gasteiger partial charge in [0, 0.05) is 63.0 Å². The molecule has 1 aliphatic carbocycles. The normalized spacial score (nSPS) is 19.3. The van der Waals surface area contributed by atoms with Gasteiger partial charge in [-0.15, -0.1) is 0 Å². The molecule has 8 nitrogen and oxygen atoms in total. The van der Waals surface area contributed by atoms with Gasteiger partial charge in [0.2, 0.25) is 5.91 Å². The summed E-state index contributed by atoms with van der Waals surface area (Å²) >= 11 is 0. The Kier molecular flexibility index (Phi) is 9.46. The number of aryl methyl sites for hydroxylation is 1. The third-order valence-corrected chi connectivity index (χ3v) is 9.34. The zero-order chi connectivity index (χ0) is 30.7. The Morgan fingerprint density at radius 3 is 2.60 bits per heavy atom. The molecule has 1 saturated heterocycles. The molecular formula is C34H43FN6O2. The van der Waals surface area contributed by atoms with E-state index in [-0.39, 0.29) is 23.8 Å². The zero-order valence-electron chi connectivity index (χ0n) is 25.8. The van der Waals surface area contributed by atoms with Crippen molar-refractivity contribution in [3.8, 4) is 11.8 Å². The van der Waals surface area contributed by atoms with E-state index < -0.39 is 5.82 Å². The van der Waals surface area contributed by atoms with Gasteiger partial charge in [-0.05, 0) is 94.0 Å². The second kappa shape index (κ2) is 13.3. The number of hydrogen-bond donors (Lipinski definition) is 1. The van der Waals surface area contributed by atoms with Crippen LogP contribution in [0.1, 0.15) is 67.4 Å². The second-order valence-electron chi connectivity index (χ2n) is 12.8. The van der Waals surface area contributed by atoms with Crippen molar-refractivity contribution >= 4 is 22.7 Å². The lowest BCUT2D eigenvalue weighted by atomic mass is 9.80. The van der Waals surface area contributed by atoms with Gasteiger partial charge in [0.25, 0.3) is 5.91 Å². The smallest absolute Gasteiger partial charge is 0.256 e. The van der Waals surface area contributed by atoms with Gasteiger partial charge in [0.05, 0.1) is 35.5 Å². The number of amides is 2. The van der Waals surface area contributed by atoms with Crippen LogP contribution in [0.2, 0.25) is 0 Å². The van der Waals surface area contributed by atoms with Gasteiger partial charge in [0.15, 0.2) is 0 Å². The van der Waals surface area contributed by atoms with Gasteiger partial charge in [-0.2, -0.15) is 5.26 Å². The summed E-state index contributed by atoms with van der Waals surface area (Å²) in [6, 6.07) is 6.50. The van der Waals surface area contributed by atoms with Gasteiger partial charge in [-0.3, -0.25) is 14.6 Å². The molecule has 1 aliphatic heterocycles. The number of benzene rings is 1. The molecule has 3 aromatic rings. The summed E-state index contributed by atoms with van der Waals surface area (Å²) in [5, 5.41) is 12.7. The van der Waals surface area contributed by atoms with E-state index in [0.717, 1.165) is 68.2 Å². The minimum atomic E-state index is -0.433. The number of nitriles is 1. The first-order chi connectivity index (χ1) is 20.7. The monoisotopic (exact) mass is 586 g/mol. The Bertz CT molecular complexity index is 1510. The number of aromatic nitrogens is 2. The minimum absolute atomic E-state index is 0.0132. The minimum Gasteiger partial charge on any atom is -0.355 e. The van der Waals surface area contributed by atoms with Crippen LogP contribution in [0.15, 0.2) is 36.8 Å². The van der Waals surface area contributed by atoms with Gasteiger partial charge in [-0.25, -0.2) is 4.39 Å². The average molecular weight is 587 g/mol. The highest BCUT2D eigenvalue weighted by atomic mass is 19.1. The van der Waals surface area contributed by atoms with Crippen molar-refractivity contribution in [1.29, 1.82) is 5.26 Å². The fourth-order valence-electron chi connectivity index (χ4n) is 6.73. The van der Waals surface area contributed by atoms with E-state index in [9.17, 15) is 14.0 Å². The molecule has 0 atom stereocenters. The fourth-order valence-corrected chi connectivity index (χ4v) is 6.73. The topological polar surface area (TPSA) is 94.3 Å². The molecule has 2 fully saturated rings. The average Bonchev–Trinajstić information content (AvgIpc) is 3.34. The fraction of sp³-hybridized carbons (Fsp3) is 0.529. The molecule has 3 heterocycles. The molecule has 228 valence electrons.